The standard InChI is InChI=1S/C20H28F2N2O3/c1-4-24-14-20(27-19(2,26-3)18(24)25)8-11-23(12-9-20)10-7-15-13-16(21)5-6-17(15)22/h5-6,13H,4,7-12,14H2,1-3H3. The van der Waals surface area contributed by atoms with Crippen LogP contribution in [0.4, 0.5) is 8.78 Å². The van der Waals surface area contributed by atoms with Crippen molar-refractivity contribution in [2.24, 2.45) is 0 Å². The van der Waals surface area contributed by atoms with E-state index in [0.29, 0.717) is 31.6 Å². The molecule has 5 nitrogen and oxygen atoms in total. The smallest absolute Gasteiger partial charge is 0.282 e. The van der Waals surface area contributed by atoms with Crippen LogP contribution in [-0.2, 0) is 20.7 Å². The molecule has 2 aliphatic heterocycles. The molecule has 1 aromatic rings. The normalized spacial score (nSPS) is 26.0. The van der Waals surface area contributed by atoms with Crippen LogP contribution in [0.2, 0.25) is 0 Å². The molecule has 0 aromatic heterocycles. The quantitative estimate of drug-likeness (QED) is 0.785. The van der Waals surface area contributed by atoms with Gasteiger partial charge < -0.3 is 19.3 Å². The number of morpholine rings is 1. The molecule has 0 saturated carbocycles. The number of amides is 1. The molecule has 1 spiro atoms. The van der Waals surface area contributed by atoms with Crippen molar-refractivity contribution in [2.45, 2.75) is 44.5 Å². The monoisotopic (exact) mass is 382 g/mol. The van der Waals surface area contributed by atoms with Crippen molar-refractivity contribution < 1.29 is 23.0 Å². The van der Waals surface area contributed by atoms with E-state index in [1.807, 2.05) is 6.92 Å². The lowest BCUT2D eigenvalue weighted by Gasteiger charge is -2.52. The predicted molar refractivity (Wildman–Crippen MR) is 97.2 cm³/mol. The molecule has 1 unspecified atom stereocenters. The number of carbonyl (C=O) groups is 1. The number of hydrogen-bond donors (Lipinski definition) is 0. The van der Waals surface area contributed by atoms with E-state index in [4.69, 9.17) is 9.47 Å². The number of nitrogens with zero attached hydrogens (tertiary/aromatic N) is 2. The summed E-state index contributed by atoms with van der Waals surface area (Å²) in [6.07, 6.45) is 2.00. The summed E-state index contributed by atoms with van der Waals surface area (Å²) >= 11 is 0. The summed E-state index contributed by atoms with van der Waals surface area (Å²) in [5.74, 6) is -2.17. The fraction of sp³-hybridized carbons (Fsp3) is 0.650. The molecule has 2 heterocycles. The Kier molecular flexibility index (Phi) is 5.84. The van der Waals surface area contributed by atoms with Crippen molar-refractivity contribution in [3.8, 4) is 0 Å². The van der Waals surface area contributed by atoms with E-state index in [2.05, 4.69) is 4.90 Å². The third-order valence-corrected chi connectivity index (χ3v) is 5.81. The maximum Gasteiger partial charge on any atom is 0.282 e. The van der Waals surface area contributed by atoms with Crippen LogP contribution >= 0.6 is 0 Å². The Morgan fingerprint density at radius 2 is 1.96 bits per heavy atom. The molecule has 2 saturated heterocycles. The van der Waals surface area contributed by atoms with Crippen LogP contribution in [0.5, 0.6) is 0 Å². The summed E-state index contributed by atoms with van der Waals surface area (Å²) in [7, 11) is 1.49. The predicted octanol–water partition coefficient (Wildman–Crippen LogP) is 2.58. The molecule has 1 aromatic carbocycles. The zero-order chi connectivity index (χ0) is 19.7. The number of rotatable bonds is 5. The number of carbonyl (C=O) groups excluding carboxylic acids is 1. The minimum Gasteiger partial charge on any atom is -0.346 e. The number of piperidine rings is 1. The van der Waals surface area contributed by atoms with Gasteiger partial charge in [-0.1, -0.05) is 0 Å². The average Bonchev–Trinajstić information content (AvgIpc) is 2.67. The maximum absolute atomic E-state index is 13.8. The molecule has 0 N–H and O–H groups in total. The largest absolute Gasteiger partial charge is 0.346 e. The minimum absolute atomic E-state index is 0.137. The van der Waals surface area contributed by atoms with E-state index in [-0.39, 0.29) is 11.7 Å². The van der Waals surface area contributed by atoms with E-state index < -0.39 is 17.2 Å². The van der Waals surface area contributed by atoms with Gasteiger partial charge in [0.05, 0.1) is 12.1 Å². The van der Waals surface area contributed by atoms with Crippen molar-refractivity contribution >= 4 is 5.91 Å². The topological polar surface area (TPSA) is 42.0 Å². The Hall–Kier alpha value is -1.57. The average molecular weight is 382 g/mol. The number of likely N-dealkylation sites (N-methyl/N-ethyl adjacent to an activating group) is 1. The number of ether oxygens (including phenoxy) is 2. The van der Waals surface area contributed by atoms with E-state index >= 15 is 0 Å². The van der Waals surface area contributed by atoms with Crippen LogP contribution in [0.25, 0.3) is 0 Å². The lowest BCUT2D eigenvalue weighted by Crippen LogP contribution is -2.66. The summed E-state index contributed by atoms with van der Waals surface area (Å²) in [6, 6.07) is 3.57. The minimum atomic E-state index is -1.25. The molecule has 0 radical (unpaired) electrons. The molecule has 0 bridgehead atoms. The Bertz CT molecular complexity index is 692. The molecule has 7 heteroatoms. The van der Waals surface area contributed by atoms with Gasteiger partial charge in [-0.15, -0.1) is 0 Å². The van der Waals surface area contributed by atoms with E-state index in [9.17, 15) is 13.6 Å². The summed E-state index contributed by atoms with van der Waals surface area (Å²) in [4.78, 5) is 16.5. The highest BCUT2D eigenvalue weighted by molar-refractivity contribution is 5.84. The zero-order valence-electron chi connectivity index (χ0n) is 16.3. The van der Waals surface area contributed by atoms with Crippen molar-refractivity contribution in [1.82, 2.24) is 9.80 Å². The van der Waals surface area contributed by atoms with Gasteiger partial charge in [0.2, 0.25) is 5.79 Å². The first kappa shape index (κ1) is 20.2. The maximum atomic E-state index is 13.8. The fourth-order valence-corrected chi connectivity index (χ4v) is 4.04. The SMILES string of the molecule is CCN1CC2(CCN(CCc3cc(F)ccc3F)CC2)OC(C)(OC)C1=O. The Labute approximate surface area is 159 Å². The number of likely N-dealkylation sites (tertiary alicyclic amines) is 1. The van der Waals surface area contributed by atoms with Crippen molar-refractivity contribution in [2.75, 3.05) is 39.8 Å². The fourth-order valence-electron chi connectivity index (χ4n) is 4.04. The molecule has 2 fully saturated rings. The first-order valence-corrected chi connectivity index (χ1v) is 9.52. The highest BCUT2D eigenvalue weighted by Gasteiger charge is 2.52. The van der Waals surface area contributed by atoms with Gasteiger partial charge in [0, 0.05) is 33.3 Å². The number of methoxy groups -OCH3 is 1. The number of halogens is 2. The van der Waals surface area contributed by atoms with Gasteiger partial charge in [-0.25, -0.2) is 8.78 Å². The third kappa shape index (κ3) is 4.15. The highest BCUT2D eigenvalue weighted by Crippen LogP contribution is 2.37. The second-order valence-electron chi connectivity index (χ2n) is 7.58. The van der Waals surface area contributed by atoms with Crippen LogP contribution < -0.4 is 0 Å². The molecule has 1 amide bonds. The molecule has 0 aliphatic carbocycles. The summed E-state index contributed by atoms with van der Waals surface area (Å²) < 4.78 is 38.7. The molecular formula is C20H28F2N2O3. The molecule has 150 valence electrons. The molecule has 27 heavy (non-hydrogen) atoms. The van der Waals surface area contributed by atoms with Gasteiger partial charge >= 0.3 is 0 Å². The summed E-state index contributed by atoms with van der Waals surface area (Å²) in [5.41, 5.74) is -0.0196. The Morgan fingerprint density at radius 1 is 1.26 bits per heavy atom. The van der Waals surface area contributed by atoms with Crippen molar-refractivity contribution in [3.63, 3.8) is 0 Å². The zero-order valence-corrected chi connectivity index (χ0v) is 16.3. The van der Waals surface area contributed by atoms with E-state index in [0.717, 1.165) is 32.0 Å². The van der Waals surface area contributed by atoms with Gasteiger partial charge in [0.25, 0.3) is 5.91 Å². The number of benzene rings is 1. The second-order valence-corrected chi connectivity index (χ2v) is 7.58. The van der Waals surface area contributed by atoms with Crippen molar-refractivity contribution in [3.05, 3.63) is 35.4 Å². The third-order valence-electron chi connectivity index (χ3n) is 5.81. The first-order valence-electron chi connectivity index (χ1n) is 9.52. The number of hydrogen-bond acceptors (Lipinski definition) is 4. The highest BCUT2D eigenvalue weighted by atomic mass is 19.1. The summed E-state index contributed by atoms with van der Waals surface area (Å²) in [5, 5.41) is 0. The molecular weight excluding hydrogens is 354 g/mol. The van der Waals surface area contributed by atoms with Crippen LogP contribution in [0.1, 0.15) is 32.3 Å². The second kappa shape index (κ2) is 7.81. The van der Waals surface area contributed by atoms with E-state index in [1.54, 1.807) is 11.8 Å². The van der Waals surface area contributed by atoms with Crippen LogP contribution in [0.15, 0.2) is 18.2 Å². The lowest BCUT2D eigenvalue weighted by molar-refractivity contribution is -0.293. The molecule has 1 atom stereocenters. The van der Waals surface area contributed by atoms with Gasteiger partial charge in [-0.2, -0.15) is 0 Å². The van der Waals surface area contributed by atoms with Crippen molar-refractivity contribution in [1.29, 1.82) is 0 Å². The summed E-state index contributed by atoms with van der Waals surface area (Å²) in [6.45, 7) is 7.03. The van der Waals surface area contributed by atoms with Crippen LogP contribution in [0.3, 0.4) is 0 Å². The van der Waals surface area contributed by atoms with Crippen LogP contribution in [0, 0.1) is 11.6 Å². The lowest BCUT2D eigenvalue weighted by atomic mass is 9.87. The Morgan fingerprint density at radius 3 is 2.59 bits per heavy atom. The van der Waals surface area contributed by atoms with Gasteiger partial charge in [0.15, 0.2) is 0 Å². The van der Waals surface area contributed by atoms with Gasteiger partial charge in [0.1, 0.15) is 11.6 Å². The van der Waals surface area contributed by atoms with Crippen LogP contribution in [-0.4, -0.2) is 66.9 Å². The first-order chi connectivity index (χ1) is 12.8. The molecule has 3 rings (SSSR count). The Balaban J connectivity index is 1.60. The van der Waals surface area contributed by atoms with Gasteiger partial charge in [-0.3, -0.25) is 4.79 Å². The molecule has 2 aliphatic rings. The van der Waals surface area contributed by atoms with Gasteiger partial charge in [-0.05, 0) is 56.9 Å². The van der Waals surface area contributed by atoms with E-state index in [1.165, 1.54) is 19.2 Å².